The molecule has 2 heterocycles. The number of aryl methyl sites for hydroxylation is 1. The van der Waals surface area contributed by atoms with Crippen LogP contribution in [0.2, 0.25) is 0 Å². The largest absolute Gasteiger partial charge is 0.350 e. The van der Waals surface area contributed by atoms with Gasteiger partial charge in [0.2, 0.25) is 0 Å². The number of hydrogen-bond acceptors (Lipinski definition) is 1. The van der Waals surface area contributed by atoms with E-state index in [-0.39, 0.29) is 24.0 Å². The van der Waals surface area contributed by atoms with Gasteiger partial charge in [-0.05, 0) is 48.4 Å². The van der Waals surface area contributed by atoms with Gasteiger partial charge in [-0.3, -0.25) is 4.90 Å². The predicted octanol–water partition coefficient (Wildman–Crippen LogP) is 4.90. The van der Waals surface area contributed by atoms with E-state index in [9.17, 15) is 13.2 Å². The number of aromatic nitrogens is 1. The molecule has 0 saturated carbocycles. The summed E-state index contributed by atoms with van der Waals surface area (Å²) in [7, 11) is 0. The summed E-state index contributed by atoms with van der Waals surface area (Å²) >= 11 is 0. The van der Waals surface area contributed by atoms with Gasteiger partial charge in [0, 0.05) is 37.1 Å². The smallest absolute Gasteiger partial charge is 0.130 e. The second-order valence-corrected chi connectivity index (χ2v) is 6.60. The highest BCUT2D eigenvalue weighted by molar-refractivity contribution is 5.31. The topological polar surface area (TPSA) is 8.17 Å². The molecule has 1 atom stereocenters. The van der Waals surface area contributed by atoms with E-state index in [2.05, 4.69) is 9.47 Å². The third-order valence-electron chi connectivity index (χ3n) is 4.96. The normalized spacial score (nSPS) is 17.7. The van der Waals surface area contributed by atoms with E-state index in [0.717, 1.165) is 24.2 Å². The summed E-state index contributed by atoms with van der Waals surface area (Å²) in [6, 6.07) is 14.1. The number of halogens is 3. The molecule has 2 aromatic carbocycles. The van der Waals surface area contributed by atoms with Crippen molar-refractivity contribution in [1.82, 2.24) is 9.47 Å². The Hall–Kier alpha value is -2.53. The van der Waals surface area contributed by atoms with Crippen LogP contribution in [-0.2, 0) is 13.1 Å². The van der Waals surface area contributed by atoms with Crippen molar-refractivity contribution in [3.05, 3.63) is 95.1 Å². The monoisotopic (exact) mass is 356 g/mol. The van der Waals surface area contributed by atoms with Gasteiger partial charge >= 0.3 is 0 Å². The van der Waals surface area contributed by atoms with Gasteiger partial charge in [0.25, 0.3) is 0 Å². The highest BCUT2D eigenvalue weighted by Crippen LogP contribution is 2.33. The third-order valence-corrected chi connectivity index (χ3v) is 4.96. The number of fused-ring (bicyclic) bond motifs is 1. The van der Waals surface area contributed by atoms with Crippen LogP contribution < -0.4 is 0 Å². The SMILES string of the molecule is Fc1ccc(C2c3cccn3CCCN2Cc2c(F)cccc2F)cc1. The maximum absolute atomic E-state index is 14.2. The second kappa shape index (κ2) is 7.00. The van der Waals surface area contributed by atoms with E-state index >= 15 is 0 Å². The molecule has 26 heavy (non-hydrogen) atoms. The molecule has 4 rings (SSSR count). The number of rotatable bonds is 3. The Morgan fingerprint density at radius 2 is 1.58 bits per heavy atom. The zero-order valence-corrected chi connectivity index (χ0v) is 14.2. The van der Waals surface area contributed by atoms with Crippen LogP contribution in [0.3, 0.4) is 0 Å². The minimum atomic E-state index is -0.539. The lowest BCUT2D eigenvalue weighted by Gasteiger charge is -2.31. The Morgan fingerprint density at radius 3 is 2.31 bits per heavy atom. The summed E-state index contributed by atoms with van der Waals surface area (Å²) in [5, 5.41) is 0. The molecule has 0 bridgehead atoms. The molecule has 0 aliphatic carbocycles. The summed E-state index contributed by atoms with van der Waals surface area (Å²) in [6.07, 6.45) is 2.88. The number of benzene rings is 2. The number of nitrogens with zero attached hydrogens (tertiary/aromatic N) is 2. The van der Waals surface area contributed by atoms with Gasteiger partial charge in [-0.1, -0.05) is 18.2 Å². The maximum Gasteiger partial charge on any atom is 0.130 e. The molecule has 1 aromatic heterocycles. The molecule has 1 unspecified atom stereocenters. The molecule has 5 heteroatoms. The van der Waals surface area contributed by atoms with Gasteiger partial charge in [-0.25, -0.2) is 13.2 Å². The van der Waals surface area contributed by atoms with Crippen molar-refractivity contribution < 1.29 is 13.2 Å². The minimum Gasteiger partial charge on any atom is -0.350 e. The standard InChI is InChI=1S/C21H19F3N2/c22-16-9-7-15(8-10-16)21-20-6-2-11-25(20)12-3-13-26(21)14-17-18(23)4-1-5-19(17)24/h1-2,4-11,21H,3,12-14H2. The molecule has 3 aromatic rings. The van der Waals surface area contributed by atoms with E-state index < -0.39 is 11.6 Å². The van der Waals surface area contributed by atoms with Gasteiger partial charge in [-0.15, -0.1) is 0 Å². The van der Waals surface area contributed by atoms with Crippen LogP contribution in [-0.4, -0.2) is 16.0 Å². The van der Waals surface area contributed by atoms with Crippen LogP contribution in [0.25, 0.3) is 0 Å². The fraction of sp³-hybridized carbons (Fsp3) is 0.238. The molecule has 0 fully saturated rings. The van der Waals surface area contributed by atoms with E-state index in [1.807, 2.05) is 18.3 Å². The van der Waals surface area contributed by atoms with Crippen LogP contribution in [0.1, 0.15) is 29.3 Å². The Labute approximate surface area is 150 Å². The Bertz CT molecular complexity index is 882. The van der Waals surface area contributed by atoms with Gasteiger partial charge in [0.15, 0.2) is 0 Å². The van der Waals surface area contributed by atoms with Crippen molar-refractivity contribution >= 4 is 0 Å². The van der Waals surface area contributed by atoms with Crippen molar-refractivity contribution in [3.63, 3.8) is 0 Å². The summed E-state index contributed by atoms with van der Waals surface area (Å²) in [5.41, 5.74) is 2.02. The van der Waals surface area contributed by atoms with Crippen LogP contribution in [0.5, 0.6) is 0 Å². The zero-order valence-electron chi connectivity index (χ0n) is 14.2. The van der Waals surface area contributed by atoms with Crippen molar-refractivity contribution in [3.8, 4) is 0 Å². The van der Waals surface area contributed by atoms with Crippen LogP contribution in [0, 0.1) is 17.5 Å². The summed E-state index contributed by atoms with van der Waals surface area (Å²) < 4.78 is 44.0. The van der Waals surface area contributed by atoms with Crippen molar-refractivity contribution in [2.24, 2.45) is 0 Å². The molecule has 0 amide bonds. The fourth-order valence-corrected chi connectivity index (χ4v) is 3.72. The first-order valence-corrected chi connectivity index (χ1v) is 8.71. The number of hydrogen-bond donors (Lipinski definition) is 0. The van der Waals surface area contributed by atoms with E-state index in [4.69, 9.17) is 0 Å². The zero-order chi connectivity index (χ0) is 18.1. The predicted molar refractivity (Wildman–Crippen MR) is 94.1 cm³/mol. The molecule has 1 aliphatic heterocycles. The van der Waals surface area contributed by atoms with Gasteiger partial charge in [-0.2, -0.15) is 0 Å². The first-order chi connectivity index (χ1) is 12.6. The molecular formula is C21H19F3N2. The average molecular weight is 356 g/mol. The molecule has 134 valence electrons. The first-order valence-electron chi connectivity index (χ1n) is 8.71. The van der Waals surface area contributed by atoms with Gasteiger partial charge < -0.3 is 4.57 Å². The lowest BCUT2D eigenvalue weighted by atomic mass is 10.0. The van der Waals surface area contributed by atoms with Crippen LogP contribution in [0.15, 0.2) is 60.8 Å². The first kappa shape index (κ1) is 16.9. The Kier molecular flexibility index (Phi) is 4.55. The molecule has 0 spiro atoms. The highest BCUT2D eigenvalue weighted by atomic mass is 19.1. The Morgan fingerprint density at radius 1 is 0.846 bits per heavy atom. The van der Waals surface area contributed by atoms with E-state index in [1.165, 1.54) is 30.3 Å². The Balaban J connectivity index is 1.77. The van der Waals surface area contributed by atoms with Crippen LogP contribution >= 0.6 is 0 Å². The second-order valence-electron chi connectivity index (χ2n) is 6.60. The molecule has 0 radical (unpaired) electrons. The lowest BCUT2D eigenvalue weighted by Crippen LogP contribution is -2.30. The quantitative estimate of drug-likeness (QED) is 0.648. The summed E-state index contributed by atoms with van der Waals surface area (Å²) in [5.74, 6) is -1.38. The molecule has 0 saturated heterocycles. The van der Waals surface area contributed by atoms with Crippen molar-refractivity contribution in [2.75, 3.05) is 6.54 Å². The maximum atomic E-state index is 14.2. The fourth-order valence-electron chi connectivity index (χ4n) is 3.72. The van der Waals surface area contributed by atoms with Gasteiger partial charge in [0.1, 0.15) is 17.5 Å². The van der Waals surface area contributed by atoms with Crippen molar-refractivity contribution in [1.29, 1.82) is 0 Å². The summed E-state index contributed by atoms with van der Waals surface area (Å²) in [4.78, 5) is 2.06. The molecule has 2 nitrogen and oxygen atoms in total. The third kappa shape index (κ3) is 3.15. The molecular weight excluding hydrogens is 337 g/mol. The summed E-state index contributed by atoms with van der Waals surface area (Å²) in [6.45, 7) is 1.69. The average Bonchev–Trinajstić information content (AvgIpc) is 3.01. The molecule has 1 aliphatic rings. The highest BCUT2D eigenvalue weighted by Gasteiger charge is 2.28. The van der Waals surface area contributed by atoms with Crippen molar-refractivity contribution in [2.45, 2.75) is 25.6 Å². The minimum absolute atomic E-state index is 0.0691. The lowest BCUT2D eigenvalue weighted by molar-refractivity contribution is 0.214. The molecule has 0 N–H and O–H groups in total. The van der Waals surface area contributed by atoms with Crippen LogP contribution in [0.4, 0.5) is 13.2 Å². The van der Waals surface area contributed by atoms with Gasteiger partial charge in [0.05, 0.1) is 6.04 Å². The van der Waals surface area contributed by atoms with E-state index in [0.29, 0.717) is 6.54 Å². The van der Waals surface area contributed by atoms with E-state index in [1.54, 1.807) is 12.1 Å².